The van der Waals surface area contributed by atoms with E-state index in [9.17, 15) is 0 Å². The average molecular weight is 389 g/mol. The van der Waals surface area contributed by atoms with Gasteiger partial charge < -0.3 is 0 Å². The second-order valence-electron chi connectivity index (χ2n) is 7.93. The third-order valence-electron chi connectivity index (χ3n) is 5.74. The Morgan fingerprint density at radius 3 is 1.72 bits per heavy atom. The summed E-state index contributed by atoms with van der Waals surface area (Å²) in [7, 11) is 0. The molecular formula is C20H39NO3Ti. The molecule has 0 aromatic heterocycles. The van der Waals surface area contributed by atoms with Crippen molar-refractivity contribution in [1.29, 1.82) is 0 Å². The van der Waals surface area contributed by atoms with Crippen LogP contribution in [-0.4, -0.2) is 29.4 Å². The van der Waals surface area contributed by atoms with Crippen molar-refractivity contribution in [2.24, 2.45) is 15.8 Å². The predicted octanol–water partition coefficient (Wildman–Crippen LogP) is 5.57. The van der Waals surface area contributed by atoms with E-state index < -0.39 is 21.6 Å². The van der Waals surface area contributed by atoms with Gasteiger partial charge in [-0.05, 0) is 0 Å². The van der Waals surface area contributed by atoms with Crippen molar-refractivity contribution in [2.45, 2.75) is 79.0 Å². The summed E-state index contributed by atoms with van der Waals surface area (Å²) in [4.78, 5) is 5.35. The number of rotatable bonds is 11. The fourth-order valence-corrected chi connectivity index (χ4v) is 8.90. The maximum absolute atomic E-state index is 6.37. The van der Waals surface area contributed by atoms with Gasteiger partial charge in [-0.2, -0.15) is 0 Å². The normalized spacial score (nSPS) is 21.7. The van der Waals surface area contributed by atoms with E-state index in [2.05, 4.69) is 53.7 Å². The molecule has 1 atom stereocenters. The SMILES string of the molecule is CC[O][Ti]([O]CC)([O]CC)[C]1(C(C)(C)CC)C=CC(C(C)(C)CC)=N1. The average Bonchev–Trinajstić information content (AvgIpc) is 3.04. The van der Waals surface area contributed by atoms with Crippen LogP contribution in [0.1, 0.15) is 75.2 Å². The first kappa shape index (κ1) is 23.0. The fourth-order valence-electron chi connectivity index (χ4n) is 3.28. The molecule has 0 saturated carbocycles. The van der Waals surface area contributed by atoms with Crippen molar-refractivity contribution in [1.82, 2.24) is 0 Å². The molecule has 1 rings (SSSR count). The topological polar surface area (TPSA) is 40.0 Å². The molecule has 25 heavy (non-hydrogen) atoms. The third kappa shape index (κ3) is 4.14. The molecule has 1 heterocycles. The molecule has 0 radical (unpaired) electrons. The zero-order valence-electron chi connectivity index (χ0n) is 17.9. The molecule has 1 unspecified atom stereocenters. The van der Waals surface area contributed by atoms with Gasteiger partial charge in [0.2, 0.25) is 0 Å². The summed E-state index contributed by atoms with van der Waals surface area (Å²) < 4.78 is 18.6. The van der Waals surface area contributed by atoms with Gasteiger partial charge in [-0.1, -0.05) is 0 Å². The maximum atomic E-state index is 6.37. The van der Waals surface area contributed by atoms with Crippen LogP contribution >= 0.6 is 0 Å². The van der Waals surface area contributed by atoms with Crippen molar-refractivity contribution < 1.29 is 27.7 Å². The van der Waals surface area contributed by atoms with Gasteiger partial charge in [0.1, 0.15) is 0 Å². The van der Waals surface area contributed by atoms with Gasteiger partial charge in [0.25, 0.3) is 0 Å². The number of hydrogen-bond donors (Lipinski definition) is 0. The van der Waals surface area contributed by atoms with Crippen LogP contribution in [0.2, 0.25) is 0 Å². The van der Waals surface area contributed by atoms with Crippen LogP contribution in [0.4, 0.5) is 0 Å². The number of aliphatic imine (C=N–C) groups is 1. The van der Waals surface area contributed by atoms with Crippen molar-refractivity contribution in [3.05, 3.63) is 12.2 Å². The molecule has 0 aliphatic carbocycles. The van der Waals surface area contributed by atoms with Crippen LogP contribution < -0.4 is 0 Å². The number of hydrogen-bond acceptors (Lipinski definition) is 4. The van der Waals surface area contributed by atoms with Crippen LogP contribution in [-0.2, 0) is 27.7 Å². The summed E-state index contributed by atoms with van der Waals surface area (Å²) in [6, 6.07) is 0. The molecule has 4 nitrogen and oxygen atoms in total. The molecule has 0 aromatic carbocycles. The van der Waals surface area contributed by atoms with Crippen molar-refractivity contribution in [2.75, 3.05) is 19.8 Å². The molecule has 0 saturated heterocycles. The summed E-state index contributed by atoms with van der Waals surface area (Å²) in [5, 5.41) is 0. The van der Waals surface area contributed by atoms with Gasteiger partial charge in [-0.3, -0.25) is 0 Å². The van der Waals surface area contributed by atoms with E-state index in [0.29, 0.717) is 19.8 Å². The monoisotopic (exact) mass is 389 g/mol. The Kier molecular flexibility index (Phi) is 8.11. The quantitative estimate of drug-likeness (QED) is 0.434. The van der Waals surface area contributed by atoms with Crippen LogP contribution in [0.3, 0.4) is 0 Å². The van der Waals surface area contributed by atoms with Gasteiger partial charge in [0, 0.05) is 0 Å². The first-order valence-electron chi connectivity index (χ1n) is 9.83. The zero-order valence-corrected chi connectivity index (χ0v) is 19.4. The predicted molar refractivity (Wildman–Crippen MR) is 102 cm³/mol. The van der Waals surface area contributed by atoms with Gasteiger partial charge in [-0.25, -0.2) is 0 Å². The first-order chi connectivity index (χ1) is 11.6. The second kappa shape index (κ2) is 8.80. The molecule has 1 aliphatic heterocycles. The second-order valence-corrected chi connectivity index (χ2v) is 12.2. The molecular weight excluding hydrogens is 350 g/mol. The van der Waals surface area contributed by atoms with Gasteiger partial charge in [0.15, 0.2) is 0 Å². The summed E-state index contributed by atoms with van der Waals surface area (Å²) in [5.41, 5.74) is 1.04. The van der Waals surface area contributed by atoms with Crippen LogP contribution in [0.25, 0.3) is 0 Å². The Bertz CT molecular complexity index is 482. The summed E-state index contributed by atoms with van der Waals surface area (Å²) in [6.45, 7) is 21.3. The van der Waals surface area contributed by atoms with E-state index >= 15 is 0 Å². The van der Waals surface area contributed by atoms with Gasteiger partial charge in [0.05, 0.1) is 0 Å². The number of allylic oxidation sites excluding steroid dienone is 1. The van der Waals surface area contributed by atoms with Crippen LogP contribution in [0.5, 0.6) is 0 Å². The molecule has 5 heteroatoms. The fraction of sp³-hybridized carbons (Fsp3) is 0.850. The Labute approximate surface area is 160 Å². The van der Waals surface area contributed by atoms with Gasteiger partial charge >= 0.3 is 160 Å². The van der Waals surface area contributed by atoms with Gasteiger partial charge in [-0.15, -0.1) is 0 Å². The van der Waals surface area contributed by atoms with E-state index in [1.165, 1.54) is 0 Å². The van der Waals surface area contributed by atoms with Crippen LogP contribution in [0, 0.1) is 10.8 Å². The molecule has 146 valence electrons. The minimum absolute atomic E-state index is 0.0285. The Hall–Kier alpha value is 0.00429. The molecule has 0 fully saturated rings. The van der Waals surface area contributed by atoms with E-state index in [1.807, 2.05) is 20.8 Å². The number of nitrogens with zero attached hydrogens (tertiary/aromatic N) is 1. The van der Waals surface area contributed by atoms with E-state index in [0.717, 1.165) is 18.6 Å². The minimum atomic E-state index is -3.73. The molecule has 0 bridgehead atoms. The Balaban J connectivity index is 3.66. The molecule has 0 N–H and O–H groups in total. The Morgan fingerprint density at radius 1 is 0.880 bits per heavy atom. The summed E-state index contributed by atoms with van der Waals surface area (Å²) in [6.07, 6.45) is 6.44. The summed E-state index contributed by atoms with van der Waals surface area (Å²) in [5.74, 6) is 0. The van der Waals surface area contributed by atoms with Crippen LogP contribution in [0.15, 0.2) is 17.1 Å². The van der Waals surface area contributed by atoms with Crippen molar-refractivity contribution >= 4 is 5.71 Å². The third-order valence-corrected chi connectivity index (χ3v) is 11.8. The zero-order chi connectivity index (χ0) is 19.4. The van der Waals surface area contributed by atoms with Crippen molar-refractivity contribution in [3.8, 4) is 0 Å². The summed E-state index contributed by atoms with van der Waals surface area (Å²) >= 11 is -3.73. The molecule has 0 aromatic rings. The molecule has 1 aliphatic rings. The molecule has 0 spiro atoms. The molecule has 0 amide bonds. The van der Waals surface area contributed by atoms with E-state index in [-0.39, 0.29) is 10.8 Å². The Morgan fingerprint density at radius 2 is 1.36 bits per heavy atom. The standard InChI is InChI=1S/C14H24N.3C2H5O.Ti/c1-7-13(3,4)11-9-10-12(15-11)14(5,6)8-2;3*1-2-3;/h9-10H,7-8H2,1-6H3;3*2H2,1H3;/q;3*-1;+3. The first-order valence-corrected chi connectivity index (χ1v) is 12.5. The van der Waals surface area contributed by atoms with E-state index in [1.54, 1.807) is 0 Å². The van der Waals surface area contributed by atoms with E-state index in [4.69, 9.17) is 14.9 Å². The van der Waals surface area contributed by atoms with Crippen molar-refractivity contribution in [3.63, 3.8) is 0 Å².